The van der Waals surface area contributed by atoms with E-state index in [2.05, 4.69) is 26.0 Å². The Bertz CT molecular complexity index is 635. The number of hydrogen-bond acceptors (Lipinski definition) is 5. The molecule has 0 saturated carbocycles. The molecule has 1 unspecified atom stereocenters. The first kappa shape index (κ1) is 14.2. The van der Waals surface area contributed by atoms with E-state index in [1.165, 1.54) is 5.56 Å². The molecule has 2 aromatic heterocycles. The number of ether oxygens (including phenoxy) is 1. The van der Waals surface area contributed by atoms with Crippen molar-refractivity contribution in [3.05, 3.63) is 40.7 Å². The van der Waals surface area contributed by atoms with Gasteiger partial charge in [0.05, 0.1) is 18.2 Å². The molecule has 3 rings (SSSR count). The first-order valence-corrected chi connectivity index (χ1v) is 7.63. The van der Waals surface area contributed by atoms with E-state index < -0.39 is 0 Å². The van der Waals surface area contributed by atoms with E-state index in [1.807, 2.05) is 19.2 Å². The summed E-state index contributed by atoms with van der Waals surface area (Å²) in [4.78, 5) is 17.2. The highest BCUT2D eigenvalue weighted by molar-refractivity contribution is 6.28. The molecule has 2 aromatic rings. The van der Waals surface area contributed by atoms with Crippen LogP contribution in [0.3, 0.4) is 0 Å². The lowest BCUT2D eigenvalue weighted by Gasteiger charge is -2.23. The maximum absolute atomic E-state index is 6.01. The van der Waals surface area contributed by atoms with Crippen LogP contribution in [0.25, 0.3) is 0 Å². The van der Waals surface area contributed by atoms with Gasteiger partial charge in [0.2, 0.25) is 5.28 Å². The maximum Gasteiger partial charge on any atom is 0.321 e. The average molecular weight is 305 g/mol. The Morgan fingerprint density at radius 2 is 2.24 bits per heavy atom. The second kappa shape index (κ2) is 6.35. The highest BCUT2D eigenvalue weighted by Crippen LogP contribution is 2.34. The summed E-state index contributed by atoms with van der Waals surface area (Å²) in [6.45, 7) is 2.60. The van der Waals surface area contributed by atoms with Gasteiger partial charge in [0, 0.05) is 6.20 Å². The minimum Gasteiger partial charge on any atom is -0.463 e. The van der Waals surface area contributed by atoms with Gasteiger partial charge in [-0.15, -0.1) is 0 Å². The number of fused-ring (bicyclic) bond motifs is 1. The van der Waals surface area contributed by atoms with Crippen LogP contribution in [0.5, 0.6) is 6.01 Å². The summed E-state index contributed by atoms with van der Waals surface area (Å²) in [5, 5.41) is 0.175. The molecule has 0 amide bonds. The minimum absolute atomic E-state index is 0.0689. The van der Waals surface area contributed by atoms with Crippen molar-refractivity contribution in [3.63, 3.8) is 0 Å². The quantitative estimate of drug-likeness (QED) is 0.868. The van der Waals surface area contributed by atoms with Crippen molar-refractivity contribution < 1.29 is 4.74 Å². The summed E-state index contributed by atoms with van der Waals surface area (Å²) in [5.74, 6) is 0.722. The van der Waals surface area contributed by atoms with Crippen molar-refractivity contribution >= 4 is 11.6 Å². The van der Waals surface area contributed by atoms with Crippen molar-refractivity contribution in [1.82, 2.24) is 19.9 Å². The predicted molar refractivity (Wildman–Crippen MR) is 79.6 cm³/mol. The lowest BCUT2D eigenvalue weighted by Crippen LogP contribution is -2.16. The zero-order valence-electron chi connectivity index (χ0n) is 11.9. The normalized spacial score (nSPS) is 17.3. The van der Waals surface area contributed by atoms with E-state index >= 15 is 0 Å². The molecule has 0 N–H and O–H groups in total. The van der Waals surface area contributed by atoms with Gasteiger partial charge < -0.3 is 4.74 Å². The Balaban J connectivity index is 1.95. The van der Waals surface area contributed by atoms with E-state index in [4.69, 9.17) is 16.3 Å². The van der Waals surface area contributed by atoms with Crippen LogP contribution < -0.4 is 4.74 Å². The Labute approximate surface area is 128 Å². The molecule has 0 fully saturated rings. The van der Waals surface area contributed by atoms with Gasteiger partial charge in [-0.3, -0.25) is 4.98 Å². The Kier molecular flexibility index (Phi) is 4.29. The predicted octanol–water partition coefficient (Wildman–Crippen LogP) is 3.18. The summed E-state index contributed by atoms with van der Waals surface area (Å²) < 4.78 is 5.49. The molecule has 0 radical (unpaired) electrons. The summed E-state index contributed by atoms with van der Waals surface area (Å²) in [6, 6.07) is 4.39. The van der Waals surface area contributed by atoms with Gasteiger partial charge in [-0.1, -0.05) is 13.0 Å². The van der Waals surface area contributed by atoms with E-state index in [9.17, 15) is 0 Å². The first-order valence-electron chi connectivity index (χ1n) is 7.26. The van der Waals surface area contributed by atoms with Gasteiger partial charge in [-0.25, -0.2) is 4.98 Å². The molecule has 110 valence electrons. The van der Waals surface area contributed by atoms with Gasteiger partial charge in [-0.05, 0) is 48.9 Å². The third-order valence-electron chi connectivity index (χ3n) is 3.55. The van der Waals surface area contributed by atoms with Gasteiger partial charge in [0.1, 0.15) is 5.82 Å². The molecule has 0 bridgehead atoms. The minimum atomic E-state index is 0.0689. The monoisotopic (exact) mass is 304 g/mol. The zero-order valence-corrected chi connectivity index (χ0v) is 12.7. The highest BCUT2D eigenvalue weighted by Gasteiger charge is 2.26. The van der Waals surface area contributed by atoms with E-state index in [-0.39, 0.29) is 11.2 Å². The number of aryl methyl sites for hydroxylation is 1. The van der Waals surface area contributed by atoms with Crippen LogP contribution in [0, 0.1) is 0 Å². The van der Waals surface area contributed by atoms with Crippen molar-refractivity contribution in [1.29, 1.82) is 0 Å². The van der Waals surface area contributed by atoms with Crippen LogP contribution in [0.1, 0.15) is 49.2 Å². The van der Waals surface area contributed by atoms with E-state index in [1.54, 1.807) is 0 Å². The van der Waals surface area contributed by atoms with Crippen LogP contribution in [-0.2, 0) is 6.42 Å². The molecule has 6 heteroatoms. The molecule has 0 saturated heterocycles. The number of halogens is 1. The molecule has 1 aliphatic rings. The van der Waals surface area contributed by atoms with Gasteiger partial charge in [0.15, 0.2) is 0 Å². The standard InChI is InChI=1S/C15H17ClN4O/c1-2-9-21-15-19-13(18-14(16)20-15)11-7-3-5-10-6-4-8-17-12(10)11/h4,6,8,11H,2-3,5,7,9H2,1H3. The molecule has 2 heterocycles. The van der Waals surface area contributed by atoms with Crippen molar-refractivity contribution in [3.8, 4) is 6.01 Å². The second-order valence-corrected chi connectivity index (χ2v) is 5.42. The second-order valence-electron chi connectivity index (χ2n) is 5.09. The zero-order chi connectivity index (χ0) is 14.7. The Morgan fingerprint density at radius 1 is 1.33 bits per heavy atom. The summed E-state index contributed by atoms with van der Waals surface area (Å²) in [7, 11) is 0. The smallest absolute Gasteiger partial charge is 0.321 e. The lowest BCUT2D eigenvalue weighted by atomic mass is 9.86. The molecule has 1 aliphatic carbocycles. The number of hydrogen-bond donors (Lipinski definition) is 0. The largest absolute Gasteiger partial charge is 0.463 e. The number of aromatic nitrogens is 4. The van der Waals surface area contributed by atoms with Gasteiger partial charge >= 0.3 is 6.01 Å². The molecule has 21 heavy (non-hydrogen) atoms. The fourth-order valence-electron chi connectivity index (χ4n) is 2.62. The van der Waals surface area contributed by atoms with Gasteiger partial charge in [-0.2, -0.15) is 9.97 Å². The molecule has 5 nitrogen and oxygen atoms in total. The maximum atomic E-state index is 6.01. The Hall–Kier alpha value is -1.75. The van der Waals surface area contributed by atoms with Crippen LogP contribution in [-0.4, -0.2) is 26.5 Å². The fraction of sp³-hybridized carbons (Fsp3) is 0.467. The van der Waals surface area contributed by atoms with Crippen LogP contribution in [0.15, 0.2) is 18.3 Å². The van der Waals surface area contributed by atoms with Crippen molar-refractivity contribution in [2.24, 2.45) is 0 Å². The molecule has 0 aromatic carbocycles. The number of rotatable bonds is 4. The summed E-state index contributed by atoms with van der Waals surface area (Å²) in [6.07, 6.45) is 5.83. The first-order chi connectivity index (χ1) is 10.3. The lowest BCUT2D eigenvalue weighted by molar-refractivity contribution is 0.289. The third-order valence-corrected chi connectivity index (χ3v) is 3.72. The Morgan fingerprint density at radius 3 is 3.10 bits per heavy atom. The van der Waals surface area contributed by atoms with Crippen LogP contribution in [0.4, 0.5) is 0 Å². The SMILES string of the molecule is CCCOc1nc(Cl)nc(C2CCCc3cccnc32)n1. The fourth-order valence-corrected chi connectivity index (χ4v) is 2.78. The molecular formula is C15H17ClN4O. The molecule has 1 atom stereocenters. The number of nitrogens with zero attached hydrogens (tertiary/aromatic N) is 4. The topological polar surface area (TPSA) is 60.8 Å². The van der Waals surface area contributed by atoms with Crippen molar-refractivity contribution in [2.75, 3.05) is 6.61 Å². The molecule has 0 spiro atoms. The molecule has 0 aliphatic heterocycles. The summed E-state index contributed by atoms with van der Waals surface area (Å²) in [5.41, 5.74) is 2.31. The summed E-state index contributed by atoms with van der Waals surface area (Å²) >= 11 is 6.01. The average Bonchev–Trinajstić information content (AvgIpc) is 2.52. The van der Waals surface area contributed by atoms with E-state index in [0.29, 0.717) is 18.4 Å². The van der Waals surface area contributed by atoms with Crippen molar-refractivity contribution in [2.45, 2.75) is 38.5 Å². The van der Waals surface area contributed by atoms with E-state index in [0.717, 1.165) is 31.4 Å². The van der Waals surface area contributed by atoms with Crippen LogP contribution in [0.2, 0.25) is 5.28 Å². The third kappa shape index (κ3) is 3.13. The number of pyridine rings is 1. The van der Waals surface area contributed by atoms with Crippen LogP contribution >= 0.6 is 11.6 Å². The molecular weight excluding hydrogens is 288 g/mol. The highest BCUT2D eigenvalue weighted by atomic mass is 35.5. The van der Waals surface area contributed by atoms with Gasteiger partial charge in [0.25, 0.3) is 0 Å².